The standard InChI is InChI=1S/C16H16N4O2S/c1-10-9-11(2)20-15(17-10)18-16(19-20)23-13(14(21)22-3)12-7-5-4-6-8-12/h4-9,13H,1-3H3. The molecule has 6 nitrogen and oxygen atoms in total. The summed E-state index contributed by atoms with van der Waals surface area (Å²) in [5, 5.41) is 4.41. The zero-order chi connectivity index (χ0) is 16.4. The first-order valence-corrected chi connectivity index (χ1v) is 7.97. The highest BCUT2D eigenvalue weighted by atomic mass is 32.2. The van der Waals surface area contributed by atoms with Gasteiger partial charge in [0.2, 0.25) is 5.16 Å². The number of ether oxygens (including phenoxy) is 1. The highest BCUT2D eigenvalue weighted by molar-refractivity contribution is 8.00. The van der Waals surface area contributed by atoms with E-state index in [4.69, 9.17) is 4.74 Å². The molecule has 0 aliphatic carbocycles. The van der Waals surface area contributed by atoms with Crippen molar-refractivity contribution in [2.75, 3.05) is 7.11 Å². The number of rotatable bonds is 4. The normalized spacial score (nSPS) is 12.3. The summed E-state index contributed by atoms with van der Waals surface area (Å²) in [5.41, 5.74) is 2.68. The zero-order valence-electron chi connectivity index (χ0n) is 13.1. The Bertz CT molecular complexity index is 848. The number of hydrogen-bond donors (Lipinski definition) is 0. The molecule has 2 heterocycles. The van der Waals surface area contributed by atoms with E-state index in [-0.39, 0.29) is 5.97 Å². The molecule has 0 aliphatic rings. The van der Waals surface area contributed by atoms with Gasteiger partial charge in [0, 0.05) is 11.4 Å². The van der Waals surface area contributed by atoms with Gasteiger partial charge in [-0.3, -0.25) is 4.79 Å². The molecule has 23 heavy (non-hydrogen) atoms. The predicted octanol–water partition coefficient (Wildman–Crippen LogP) is 2.75. The van der Waals surface area contributed by atoms with Crippen LogP contribution in [0.2, 0.25) is 0 Å². The van der Waals surface area contributed by atoms with Gasteiger partial charge in [-0.15, -0.1) is 5.10 Å². The highest BCUT2D eigenvalue weighted by Crippen LogP contribution is 2.34. The van der Waals surface area contributed by atoms with Crippen molar-refractivity contribution in [1.82, 2.24) is 19.6 Å². The molecule has 0 spiro atoms. The number of aromatic nitrogens is 4. The summed E-state index contributed by atoms with van der Waals surface area (Å²) in [5.74, 6) is 0.197. The van der Waals surface area contributed by atoms with Crippen molar-refractivity contribution in [1.29, 1.82) is 0 Å². The minimum Gasteiger partial charge on any atom is -0.468 e. The van der Waals surface area contributed by atoms with Crippen LogP contribution in [0.1, 0.15) is 22.2 Å². The summed E-state index contributed by atoms with van der Waals surface area (Å²) in [4.78, 5) is 20.9. The van der Waals surface area contributed by atoms with E-state index < -0.39 is 5.25 Å². The Labute approximate surface area is 137 Å². The second-order valence-corrected chi connectivity index (χ2v) is 6.15. The van der Waals surface area contributed by atoms with Crippen molar-refractivity contribution in [3.05, 3.63) is 53.3 Å². The molecule has 0 saturated carbocycles. The van der Waals surface area contributed by atoms with Gasteiger partial charge in [0.25, 0.3) is 5.78 Å². The molecule has 2 aromatic heterocycles. The van der Waals surface area contributed by atoms with E-state index in [1.54, 1.807) is 4.52 Å². The van der Waals surface area contributed by atoms with Crippen molar-refractivity contribution in [3.8, 4) is 0 Å². The number of aryl methyl sites for hydroxylation is 2. The minimum atomic E-state index is -0.514. The van der Waals surface area contributed by atoms with Crippen LogP contribution in [0.25, 0.3) is 5.78 Å². The van der Waals surface area contributed by atoms with Gasteiger partial charge in [0.15, 0.2) is 0 Å². The molecule has 0 N–H and O–H groups in total. The lowest BCUT2D eigenvalue weighted by Crippen LogP contribution is -2.11. The molecular weight excluding hydrogens is 312 g/mol. The van der Waals surface area contributed by atoms with Crippen LogP contribution in [-0.2, 0) is 9.53 Å². The SMILES string of the molecule is COC(=O)C(Sc1nc2nc(C)cc(C)n2n1)c1ccccc1. The Morgan fingerprint density at radius 1 is 1.22 bits per heavy atom. The number of carbonyl (C=O) groups is 1. The lowest BCUT2D eigenvalue weighted by atomic mass is 10.1. The first-order valence-electron chi connectivity index (χ1n) is 7.09. The van der Waals surface area contributed by atoms with E-state index in [2.05, 4.69) is 15.1 Å². The number of esters is 1. The van der Waals surface area contributed by atoms with Gasteiger partial charge in [-0.2, -0.15) is 4.98 Å². The van der Waals surface area contributed by atoms with Crippen molar-refractivity contribution >= 4 is 23.5 Å². The Kier molecular flexibility index (Phi) is 4.29. The average molecular weight is 328 g/mol. The van der Waals surface area contributed by atoms with Gasteiger partial charge in [-0.25, -0.2) is 9.50 Å². The van der Waals surface area contributed by atoms with Crippen LogP contribution in [0.15, 0.2) is 41.6 Å². The summed E-state index contributed by atoms with van der Waals surface area (Å²) in [6.07, 6.45) is 0. The van der Waals surface area contributed by atoms with E-state index in [9.17, 15) is 4.79 Å². The van der Waals surface area contributed by atoms with E-state index in [0.29, 0.717) is 10.9 Å². The maximum atomic E-state index is 12.1. The van der Waals surface area contributed by atoms with Crippen LogP contribution in [0, 0.1) is 13.8 Å². The maximum Gasteiger partial charge on any atom is 0.323 e. The highest BCUT2D eigenvalue weighted by Gasteiger charge is 2.25. The summed E-state index contributed by atoms with van der Waals surface area (Å²) < 4.78 is 6.59. The van der Waals surface area contributed by atoms with Crippen molar-refractivity contribution in [3.63, 3.8) is 0 Å². The molecule has 1 aromatic carbocycles. The number of fused-ring (bicyclic) bond motifs is 1. The molecule has 0 amide bonds. The van der Waals surface area contributed by atoms with Crippen LogP contribution in [0.3, 0.4) is 0 Å². The van der Waals surface area contributed by atoms with Crippen molar-refractivity contribution in [2.45, 2.75) is 24.3 Å². The van der Waals surface area contributed by atoms with Gasteiger partial charge in [0.05, 0.1) is 7.11 Å². The summed E-state index contributed by atoms with van der Waals surface area (Å²) in [6.45, 7) is 3.86. The lowest BCUT2D eigenvalue weighted by Gasteiger charge is -2.12. The topological polar surface area (TPSA) is 69.4 Å². The van der Waals surface area contributed by atoms with Crippen LogP contribution in [-0.4, -0.2) is 32.7 Å². The van der Waals surface area contributed by atoms with E-state index in [1.807, 2.05) is 50.2 Å². The molecular formula is C16H16N4O2S. The van der Waals surface area contributed by atoms with Crippen LogP contribution < -0.4 is 0 Å². The maximum absolute atomic E-state index is 12.1. The summed E-state index contributed by atoms with van der Waals surface area (Å²) in [7, 11) is 1.38. The fourth-order valence-electron chi connectivity index (χ4n) is 2.29. The van der Waals surface area contributed by atoms with Gasteiger partial charge >= 0.3 is 5.97 Å². The third-order valence-electron chi connectivity index (χ3n) is 3.34. The average Bonchev–Trinajstić information content (AvgIpc) is 2.95. The fraction of sp³-hybridized carbons (Fsp3) is 0.250. The van der Waals surface area contributed by atoms with Crippen molar-refractivity contribution in [2.24, 2.45) is 0 Å². The largest absolute Gasteiger partial charge is 0.468 e. The van der Waals surface area contributed by atoms with Gasteiger partial charge in [-0.05, 0) is 25.5 Å². The number of benzene rings is 1. The predicted molar refractivity (Wildman–Crippen MR) is 87.3 cm³/mol. The second-order valence-electron chi connectivity index (χ2n) is 5.08. The molecule has 0 radical (unpaired) electrons. The molecule has 3 aromatic rings. The Balaban J connectivity index is 1.97. The molecule has 7 heteroatoms. The molecule has 118 valence electrons. The van der Waals surface area contributed by atoms with E-state index >= 15 is 0 Å². The van der Waals surface area contributed by atoms with Crippen LogP contribution in [0.4, 0.5) is 0 Å². The summed E-state index contributed by atoms with van der Waals surface area (Å²) in [6, 6.07) is 11.4. The molecule has 3 rings (SSSR count). The van der Waals surface area contributed by atoms with Crippen LogP contribution >= 0.6 is 11.8 Å². The smallest absolute Gasteiger partial charge is 0.323 e. The van der Waals surface area contributed by atoms with Gasteiger partial charge < -0.3 is 4.74 Å². The number of methoxy groups -OCH3 is 1. The fourth-order valence-corrected chi connectivity index (χ4v) is 3.25. The Morgan fingerprint density at radius 2 is 1.96 bits per heavy atom. The molecule has 0 bridgehead atoms. The number of thioether (sulfide) groups is 1. The number of hydrogen-bond acceptors (Lipinski definition) is 6. The molecule has 0 aliphatic heterocycles. The first-order chi connectivity index (χ1) is 11.1. The molecule has 0 saturated heterocycles. The van der Waals surface area contributed by atoms with Crippen LogP contribution in [0.5, 0.6) is 0 Å². The quantitative estimate of drug-likeness (QED) is 0.542. The third-order valence-corrected chi connectivity index (χ3v) is 4.42. The van der Waals surface area contributed by atoms with Crippen molar-refractivity contribution < 1.29 is 9.53 Å². The third kappa shape index (κ3) is 3.19. The van der Waals surface area contributed by atoms with Gasteiger partial charge in [-0.1, -0.05) is 42.1 Å². The van der Waals surface area contributed by atoms with E-state index in [0.717, 1.165) is 17.0 Å². The lowest BCUT2D eigenvalue weighted by molar-refractivity contribution is -0.140. The van der Waals surface area contributed by atoms with Gasteiger partial charge in [0.1, 0.15) is 5.25 Å². The monoisotopic (exact) mass is 328 g/mol. The number of carbonyl (C=O) groups excluding carboxylic acids is 1. The molecule has 1 unspecified atom stereocenters. The zero-order valence-corrected chi connectivity index (χ0v) is 13.9. The number of nitrogens with zero attached hydrogens (tertiary/aromatic N) is 4. The van der Waals surface area contributed by atoms with E-state index in [1.165, 1.54) is 18.9 Å². The second kappa shape index (κ2) is 6.37. The molecule has 0 fully saturated rings. The summed E-state index contributed by atoms with van der Waals surface area (Å²) >= 11 is 1.26. The molecule has 1 atom stereocenters. The Hall–Kier alpha value is -2.41. The first kappa shape index (κ1) is 15.5. The minimum absolute atomic E-state index is 0.332. The Morgan fingerprint density at radius 3 is 2.65 bits per heavy atom.